The molecule has 1 aromatic carbocycles. The van der Waals surface area contributed by atoms with Crippen molar-refractivity contribution in [3.63, 3.8) is 0 Å². The molecule has 1 unspecified atom stereocenters. The number of carboxylic acids is 1. The van der Waals surface area contributed by atoms with Crippen molar-refractivity contribution in [1.29, 1.82) is 0 Å². The summed E-state index contributed by atoms with van der Waals surface area (Å²) in [6.07, 6.45) is 0.586. The number of rotatable bonds is 13. The molecular weight excluding hydrogens is 483 g/mol. The fourth-order valence-corrected chi connectivity index (χ4v) is 3.49. The number of carboxylic acid groups (broad SMARTS) is 1. The van der Waals surface area contributed by atoms with Crippen LogP contribution in [-0.2, 0) is 23.0 Å². The first kappa shape index (κ1) is 28.0. The number of benzene rings is 1. The van der Waals surface area contributed by atoms with Gasteiger partial charge in [-0.05, 0) is 51.8 Å². The minimum atomic E-state index is -1.10. The van der Waals surface area contributed by atoms with Crippen LogP contribution in [0.5, 0.6) is 0 Å². The van der Waals surface area contributed by atoms with E-state index in [-0.39, 0.29) is 6.42 Å². The van der Waals surface area contributed by atoms with E-state index in [4.69, 9.17) is 32.9 Å². The molecule has 1 atom stereocenters. The number of nitrogens with zero attached hydrogens (tertiary/aromatic N) is 3. The maximum Gasteiger partial charge on any atom is 0.408 e. The molecule has 190 valence electrons. The highest BCUT2D eigenvalue weighted by Gasteiger charge is 2.24. The van der Waals surface area contributed by atoms with Gasteiger partial charge in [-0.3, -0.25) is 0 Å². The molecule has 0 aliphatic heterocycles. The van der Waals surface area contributed by atoms with Crippen LogP contribution in [0.4, 0.5) is 10.5 Å². The molecule has 2 aromatic rings. The third kappa shape index (κ3) is 8.50. The summed E-state index contributed by atoms with van der Waals surface area (Å²) in [7, 11) is 1.92. The number of aryl methyl sites for hydroxylation is 2. The number of anilines is 1. The van der Waals surface area contributed by atoms with Crippen LogP contribution in [0.3, 0.4) is 0 Å². The van der Waals surface area contributed by atoms with Gasteiger partial charge in [0.15, 0.2) is 0 Å². The summed E-state index contributed by atoms with van der Waals surface area (Å²) in [5, 5.41) is 13.7. The highest BCUT2D eigenvalue weighted by molar-refractivity contribution is 6.18. The van der Waals surface area contributed by atoms with Gasteiger partial charge in [-0.2, -0.15) is 0 Å². The summed E-state index contributed by atoms with van der Waals surface area (Å²) in [6, 6.07) is 4.85. The van der Waals surface area contributed by atoms with E-state index in [9.17, 15) is 14.7 Å². The number of alkyl halides is 2. The number of nitrogens with one attached hydrogen (secondary N) is 3. The van der Waals surface area contributed by atoms with Crippen LogP contribution in [0.25, 0.3) is 11.0 Å². The Hall–Kier alpha value is -2.27. The van der Waals surface area contributed by atoms with Crippen LogP contribution >= 0.6 is 23.2 Å². The lowest BCUT2D eigenvalue weighted by molar-refractivity contribution is -0.139. The molecule has 0 radical (unpaired) electrons. The number of hydrogen-bond acceptors (Lipinski definition) is 7. The lowest BCUT2D eigenvalue weighted by atomic mass is 10.1. The zero-order valence-electron chi connectivity index (χ0n) is 20.0. The molecule has 4 N–H and O–H groups in total. The van der Waals surface area contributed by atoms with Crippen molar-refractivity contribution >= 4 is 52.0 Å². The molecule has 0 saturated heterocycles. The number of imidazole rings is 1. The molecule has 1 heterocycles. The number of aliphatic carboxylic acids is 1. The van der Waals surface area contributed by atoms with E-state index in [2.05, 4.69) is 16.2 Å². The Morgan fingerprint density at radius 2 is 1.85 bits per heavy atom. The lowest BCUT2D eigenvalue weighted by Crippen LogP contribution is -2.49. The standard InChI is InChI=1S/C22H34Cl2N6O4/c1-22(2,3)34-21(33)28-16(20(31)32)6-5-7-19-27-17-14-15(8-9-18(17)29(19)4)30(25-12-10-23)26-13-11-24/h8-9,14,16,25-26H,5-7,10-13H2,1-4H3,(H,28,33)(H,31,32). The monoisotopic (exact) mass is 516 g/mol. The SMILES string of the molecule is Cn1c(CCCC(NC(=O)OC(C)(C)C)C(=O)O)nc2cc(N(NCCCl)NCCCl)ccc21. The number of alkyl carbamates (subject to hydrolysis) is 1. The fraction of sp³-hybridized carbons (Fsp3) is 0.591. The summed E-state index contributed by atoms with van der Waals surface area (Å²) in [5.41, 5.74) is 8.30. The predicted octanol–water partition coefficient (Wildman–Crippen LogP) is 3.17. The molecule has 0 spiro atoms. The van der Waals surface area contributed by atoms with Gasteiger partial charge in [0.2, 0.25) is 0 Å². The Morgan fingerprint density at radius 1 is 1.21 bits per heavy atom. The quantitative estimate of drug-likeness (QED) is 0.236. The van der Waals surface area contributed by atoms with E-state index < -0.39 is 23.7 Å². The first-order chi connectivity index (χ1) is 16.1. The number of ether oxygens (including phenoxy) is 1. The van der Waals surface area contributed by atoms with Crippen molar-refractivity contribution < 1.29 is 19.4 Å². The second-order valence-corrected chi connectivity index (χ2v) is 9.47. The second kappa shape index (κ2) is 13.0. The number of halogens is 2. The van der Waals surface area contributed by atoms with Crippen molar-refractivity contribution in [2.75, 3.05) is 30.0 Å². The molecule has 10 nitrogen and oxygen atoms in total. The number of carbonyl (C=O) groups is 2. The zero-order valence-corrected chi connectivity index (χ0v) is 21.5. The van der Waals surface area contributed by atoms with E-state index in [0.717, 1.165) is 22.5 Å². The molecule has 1 amide bonds. The van der Waals surface area contributed by atoms with E-state index in [0.29, 0.717) is 37.7 Å². The van der Waals surface area contributed by atoms with Crippen molar-refractivity contribution in [2.24, 2.45) is 7.05 Å². The Bertz CT molecular complexity index is 955. The number of fused-ring (bicyclic) bond motifs is 1. The molecule has 1 aromatic heterocycles. The number of carbonyl (C=O) groups excluding carboxylic acids is 1. The molecule has 0 bridgehead atoms. The van der Waals surface area contributed by atoms with Crippen molar-refractivity contribution in [1.82, 2.24) is 25.7 Å². The van der Waals surface area contributed by atoms with Crippen LogP contribution in [0.15, 0.2) is 18.2 Å². The van der Waals surface area contributed by atoms with Gasteiger partial charge in [0.25, 0.3) is 0 Å². The second-order valence-electron chi connectivity index (χ2n) is 8.72. The molecule has 0 fully saturated rings. The van der Waals surface area contributed by atoms with Crippen LogP contribution in [0.1, 0.15) is 39.4 Å². The van der Waals surface area contributed by atoms with Gasteiger partial charge in [-0.25, -0.2) is 30.5 Å². The topological polar surface area (TPSA) is 121 Å². The van der Waals surface area contributed by atoms with Gasteiger partial charge in [0.1, 0.15) is 17.5 Å². The maximum atomic E-state index is 12.0. The van der Waals surface area contributed by atoms with Crippen molar-refractivity contribution in [3.8, 4) is 0 Å². The van der Waals surface area contributed by atoms with Crippen molar-refractivity contribution in [2.45, 2.75) is 51.7 Å². The molecule has 2 rings (SSSR count). The smallest absolute Gasteiger partial charge is 0.408 e. The van der Waals surface area contributed by atoms with Gasteiger partial charge in [0.05, 0.1) is 16.7 Å². The molecule has 0 aliphatic carbocycles. The van der Waals surface area contributed by atoms with Crippen LogP contribution in [0, 0.1) is 0 Å². The summed E-state index contributed by atoms with van der Waals surface area (Å²) in [4.78, 5) is 28.3. The molecular formula is C22H34Cl2N6O4. The van der Waals surface area contributed by atoms with Gasteiger partial charge < -0.3 is 19.7 Å². The first-order valence-electron chi connectivity index (χ1n) is 11.1. The zero-order chi connectivity index (χ0) is 25.3. The predicted molar refractivity (Wildman–Crippen MR) is 134 cm³/mol. The summed E-state index contributed by atoms with van der Waals surface area (Å²) in [5.74, 6) is 0.627. The minimum Gasteiger partial charge on any atom is -0.480 e. The summed E-state index contributed by atoms with van der Waals surface area (Å²) >= 11 is 11.6. The van der Waals surface area contributed by atoms with Crippen LogP contribution in [0.2, 0.25) is 0 Å². The van der Waals surface area contributed by atoms with Crippen LogP contribution in [-0.4, -0.2) is 63.2 Å². The number of hydrogen-bond donors (Lipinski definition) is 4. The largest absolute Gasteiger partial charge is 0.480 e. The Labute approximate surface area is 209 Å². The number of aromatic nitrogens is 2. The number of hydrazine groups is 2. The average Bonchev–Trinajstić information content (AvgIpc) is 3.06. The van der Waals surface area contributed by atoms with Gasteiger partial charge in [0, 0.05) is 38.3 Å². The van der Waals surface area contributed by atoms with Crippen LogP contribution < -0.4 is 21.3 Å². The Morgan fingerprint density at radius 3 is 2.41 bits per heavy atom. The summed E-state index contributed by atoms with van der Waals surface area (Å²) in [6.45, 7) is 6.32. The third-order valence-electron chi connectivity index (χ3n) is 4.83. The Kier molecular flexibility index (Phi) is 10.7. The van der Waals surface area contributed by atoms with E-state index >= 15 is 0 Å². The third-order valence-corrected chi connectivity index (χ3v) is 5.20. The van der Waals surface area contributed by atoms with E-state index in [1.54, 1.807) is 25.9 Å². The highest BCUT2D eigenvalue weighted by atomic mass is 35.5. The fourth-order valence-electron chi connectivity index (χ4n) is 3.32. The molecule has 0 saturated carbocycles. The van der Waals surface area contributed by atoms with E-state index in [1.165, 1.54) is 0 Å². The number of amides is 1. The van der Waals surface area contributed by atoms with Gasteiger partial charge in [-0.15, -0.1) is 23.2 Å². The minimum absolute atomic E-state index is 0.251. The molecule has 12 heteroatoms. The van der Waals surface area contributed by atoms with Crippen molar-refractivity contribution in [3.05, 3.63) is 24.0 Å². The van der Waals surface area contributed by atoms with Gasteiger partial charge >= 0.3 is 12.1 Å². The van der Waals surface area contributed by atoms with E-state index in [1.807, 2.05) is 29.8 Å². The first-order valence-corrected chi connectivity index (χ1v) is 12.2. The van der Waals surface area contributed by atoms with Gasteiger partial charge in [-0.1, -0.05) is 0 Å². The Balaban J connectivity index is 2.07. The molecule has 0 aliphatic rings. The summed E-state index contributed by atoms with van der Waals surface area (Å²) < 4.78 is 7.15. The average molecular weight is 517 g/mol. The maximum absolute atomic E-state index is 12.0. The normalized spacial score (nSPS) is 12.5. The highest BCUT2D eigenvalue weighted by Crippen LogP contribution is 2.22. The lowest BCUT2D eigenvalue weighted by Gasteiger charge is -2.25. The molecule has 34 heavy (non-hydrogen) atoms.